The van der Waals surface area contributed by atoms with Gasteiger partial charge in [-0.05, 0) is 0 Å². The first kappa shape index (κ1) is 30.6. The van der Waals surface area contributed by atoms with Crippen molar-refractivity contribution in [1.82, 2.24) is 0 Å². The van der Waals surface area contributed by atoms with Gasteiger partial charge in [-0.15, -0.1) is 0 Å². The van der Waals surface area contributed by atoms with Crippen molar-refractivity contribution in [3.63, 3.8) is 0 Å². The predicted molar refractivity (Wildman–Crippen MR) is 141 cm³/mol. The number of allylic oxidation sites excluding steroid dienone is 4. The van der Waals surface area contributed by atoms with Crippen LogP contribution in [-0.2, 0) is 40.5 Å². The molecule has 2 aliphatic rings. The topological polar surface area (TPSA) is 0 Å². The van der Waals surface area contributed by atoms with Gasteiger partial charge in [-0.3, -0.25) is 0 Å². The molecule has 0 spiro atoms. The minimum atomic E-state index is -0.875. The van der Waals surface area contributed by atoms with Crippen LogP contribution >= 0.6 is 0 Å². The molecule has 2 aliphatic carbocycles. The summed E-state index contributed by atoms with van der Waals surface area (Å²) in [6.45, 7) is 23.6. The molecule has 4 rings (SSSR count). The largest absolute Gasteiger partial charge is 1.00 e. The number of hydrogen-bond acceptors (Lipinski definition) is 0. The summed E-state index contributed by atoms with van der Waals surface area (Å²) >= 11 is -0.875. The summed E-state index contributed by atoms with van der Waals surface area (Å²) in [6, 6.07) is 12.2. The van der Waals surface area contributed by atoms with Gasteiger partial charge in [0, 0.05) is 0 Å². The summed E-state index contributed by atoms with van der Waals surface area (Å²) in [7, 11) is 0. The molecular formula is C32H42Cl2Zr. The van der Waals surface area contributed by atoms with E-state index in [1.54, 1.807) is 25.5 Å². The van der Waals surface area contributed by atoms with Crippen LogP contribution in [-0.4, -0.2) is 0 Å². The molecule has 0 saturated heterocycles. The Morgan fingerprint density at radius 3 is 1.97 bits per heavy atom. The number of halogens is 2. The molecule has 0 bridgehead atoms. The molecule has 1 unspecified atom stereocenters. The van der Waals surface area contributed by atoms with Gasteiger partial charge in [0.05, 0.1) is 0 Å². The van der Waals surface area contributed by atoms with Gasteiger partial charge < -0.3 is 24.8 Å². The summed E-state index contributed by atoms with van der Waals surface area (Å²) in [5.41, 5.74) is 13.1. The van der Waals surface area contributed by atoms with E-state index in [4.69, 9.17) is 0 Å². The maximum Gasteiger partial charge on any atom is -1.00 e. The fraction of sp³-hybridized carbons (Fsp3) is 0.500. The fourth-order valence-electron chi connectivity index (χ4n) is 5.24. The summed E-state index contributed by atoms with van der Waals surface area (Å²) in [5, 5.41) is 0. The van der Waals surface area contributed by atoms with Crippen LogP contribution < -0.4 is 28.1 Å². The molecule has 0 fully saturated rings. The van der Waals surface area contributed by atoms with Crippen molar-refractivity contribution in [3.8, 4) is 11.1 Å². The molecule has 2 aromatic rings. The minimum absolute atomic E-state index is 0. The third-order valence-electron chi connectivity index (χ3n) is 7.41. The van der Waals surface area contributed by atoms with Crippen molar-refractivity contribution >= 4 is 3.27 Å². The van der Waals surface area contributed by atoms with Gasteiger partial charge in [0.2, 0.25) is 0 Å². The van der Waals surface area contributed by atoms with Crippen molar-refractivity contribution < 1.29 is 48.0 Å². The first-order chi connectivity index (χ1) is 15.2. The van der Waals surface area contributed by atoms with Crippen molar-refractivity contribution in [1.29, 1.82) is 0 Å². The molecule has 0 amide bonds. The summed E-state index contributed by atoms with van der Waals surface area (Å²) in [5.74, 6) is 0. The van der Waals surface area contributed by atoms with Crippen LogP contribution in [0.4, 0.5) is 0 Å². The SMILES string of the molecule is CCC1=CC(C(C)(C)C)=C[CH]1[Zr+2][c]1c(C(C)(C)C)ccc2c1Cc1cc(C(C)(C)C)ccc1-2.[Cl-].[Cl-]. The van der Waals surface area contributed by atoms with Crippen LogP contribution in [0.3, 0.4) is 0 Å². The Bertz CT molecular complexity index is 1150. The van der Waals surface area contributed by atoms with E-state index in [2.05, 4.69) is 112 Å². The molecule has 1 atom stereocenters. The molecule has 0 heterocycles. The Hall–Kier alpha value is -0.617. The third kappa shape index (κ3) is 6.11. The van der Waals surface area contributed by atoms with Crippen LogP contribution in [0.2, 0.25) is 3.63 Å². The van der Waals surface area contributed by atoms with Gasteiger partial charge in [-0.2, -0.15) is 0 Å². The Morgan fingerprint density at radius 1 is 0.800 bits per heavy atom. The van der Waals surface area contributed by atoms with E-state index in [1.165, 1.54) is 28.7 Å². The summed E-state index contributed by atoms with van der Waals surface area (Å²) in [4.78, 5) is 0. The summed E-state index contributed by atoms with van der Waals surface area (Å²) < 4.78 is 2.46. The van der Waals surface area contributed by atoms with Crippen LogP contribution in [0.5, 0.6) is 0 Å². The van der Waals surface area contributed by atoms with E-state index in [9.17, 15) is 0 Å². The van der Waals surface area contributed by atoms with Gasteiger partial charge in [0.15, 0.2) is 0 Å². The number of benzene rings is 2. The Balaban J connectivity index is 0.00000216. The van der Waals surface area contributed by atoms with E-state index in [0.717, 1.165) is 6.42 Å². The standard InChI is InChI=1S/C21H25.C11H17.2ClH.Zr/c1-20(2,3)16-7-9-18-14(12-16)11-15-13-17(21(4,5)6)8-10-19(15)18;1-5-9-6-7-10(8-9)11(2,3)4;;;/h7-10,12H,11H2,1-6H3;6-8H,5H2,1-4H3;2*1H;/q;;;;+2/p-2. The molecule has 0 radical (unpaired) electrons. The van der Waals surface area contributed by atoms with Gasteiger partial charge in [0.25, 0.3) is 0 Å². The van der Waals surface area contributed by atoms with Crippen LogP contribution in [0, 0.1) is 5.41 Å². The molecule has 2 aromatic carbocycles. The number of fused-ring (bicyclic) bond motifs is 3. The maximum absolute atomic E-state index is 2.65. The molecular weight excluding hydrogens is 546 g/mol. The first-order valence-electron chi connectivity index (χ1n) is 12.7. The normalized spacial score (nSPS) is 16.9. The Labute approximate surface area is 238 Å². The zero-order valence-electron chi connectivity index (χ0n) is 23.3. The predicted octanol–water partition coefficient (Wildman–Crippen LogP) is 2.68. The maximum atomic E-state index is 2.65. The molecule has 3 heteroatoms. The van der Waals surface area contributed by atoms with Crippen LogP contribution in [0.15, 0.2) is 53.6 Å². The second kappa shape index (κ2) is 10.6. The zero-order chi connectivity index (χ0) is 24.3. The average Bonchev–Trinajstić information content (AvgIpc) is 3.27. The minimum Gasteiger partial charge on any atom is -1.00 e. The number of hydrogen-bond donors (Lipinski definition) is 0. The smallest absolute Gasteiger partial charge is 1.00 e. The number of rotatable bonds is 3. The van der Waals surface area contributed by atoms with E-state index in [1.807, 2.05) is 0 Å². The van der Waals surface area contributed by atoms with E-state index >= 15 is 0 Å². The Morgan fingerprint density at radius 2 is 1.43 bits per heavy atom. The third-order valence-corrected chi connectivity index (χ3v) is 11.6. The van der Waals surface area contributed by atoms with Gasteiger partial charge in [-0.25, -0.2) is 0 Å². The summed E-state index contributed by atoms with van der Waals surface area (Å²) in [6.07, 6.45) is 7.48. The molecule has 35 heavy (non-hydrogen) atoms. The van der Waals surface area contributed by atoms with Crippen molar-refractivity contribution in [2.24, 2.45) is 5.41 Å². The van der Waals surface area contributed by atoms with Crippen molar-refractivity contribution in [2.75, 3.05) is 0 Å². The van der Waals surface area contributed by atoms with Crippen molar-refractivity contribution in [3.05, 3.63) is 75.9 Å². The van der Waals surface area contributed by atoms with Gasteiger partial charge >= 0.3 is 215 Å². The molecule has 0 aliphatic heterocycles. The molecule has 0 N–H and O–H groups in total. The van der Waals surface area contributed by atoms with E-state index in [-0.39, 0.29) is 41.1 Å². The van der Waals surface area contributed by atoms with Gasteiger partial charge in [0.1, 0.15) is 0 Å². The molecule has 0 nitrogen and oxygen atoms in total. The van der Waals surface area contributed by atoms with Crippen molar-refractivity contribution in [2.45, 2.75) is 96.5 Å². The average molecular weight is 589 g/mol. The van der Waals surface area contributed by atoms with E-state index < -0.39 is 23.2 Å². The second-order valence-corrected chi connectivity index (χ2v) is 16.6. The fourth-order valence-corrected chi connectivity index (χ4v) is 10.3. The van der Waals surface area contributed by atoms with Gasteiger partial charge in [-0.1, -0.05) is 0 Å². The second-order valence-electron chi connectivity index (χ2n) is 13.1. The monoisotopic (exact) mass is 586 g/mol. The quantitative estimate of drug-likeness (QED) is 0.442. The molecule has 188 valence electrons. The molecule has 0 aromatic heterocycles. The molecule has 0 saturated carbocycles. The van der Waals surface area contributed by atoms with E-state index in [0.29, 0.717) is 3.63 Å². The van der Waals surface area contributed by atoms with Crippen LogP contribution in [0.25, 0.3) is 11.1 Å². The van der Waals surface area contributed by atoms with Crippen LogP contribution in [0.1, 0.15) is 97.9 Å². The first-order valence-corrected chi connectivity index (χ1v) is 15.3. The zero-order valence-corrected chi connectivity index (χ0v) is 27.3. The Kier molecular flexibility index (Phi) is 9.30.